The summed E-state index contributed by atoms with van der Waals surface area (Å²) in [6.07, 6.45) is -2.35. The molecule has 1 aliphatic heterocycles. The van der Waals surface area contributed by atoms with Crippen molar-refractivity contribution in [2.24, 2.45) is 5.41 Å². The molecule has 3 heterocycles. The lowest BCUT2D eigenvalue weighted by Crippen LogP contribution is -2.55. The Hall–Kier alpha value is -2.53. The maximum absolute atomic E-state index is 11.1. The van der Waals surface area contributed by atoms with Crippen LogP contribution < -0.4 is 10.6 Å². The number of rotatable bonds is 7. The Labute approximate surface area is 170 Å². The fourth-order valence-electron chi connectivity index (χ4n) is 3.52. The predicted molar refractivity (Wildman–Crippen MR) is 104 cm³/mol. The Morgan fingerprint density at radius 3 is 2.48 bits per heavy atom. The lowest BCUT2D eigenvalue weighted by atomic mass is 9.78. The molecular weight excluding hydrogens is 400 g/mol. The smallest absolute Gasteiger partial charge is 0.349 e. The second-order valence-electron chi connectivity index (χ2n) is 7.65. The van der Waals surface area contributed by atoms with Crippen molar-refractivity contribution >= 4 is 23.0 Å². The van der Waals surface area contributed by atoms with E-state index in [2.05, 4.69) is 10.6 Å². The zero-order valence-corrected chi connectivity index (χ0v) is 16.6. The molecule has 0 aromatic carbocycles. The van der Waals surface area contributed by atoms with Crippen molar-refractivity contribution in [2.75, 3.05) is 18.5 Å². The van der Waals surface area contributed by atoms with Crippen LogP contribution in [0.4, 0.5) is 5.69 Å². The molecule has 0 spiro atoms. The summed E-state index contributed by atoms with van der Waals surface area (Å²) >= 11 is 0.864. The molecular formula is C19H22N2O7S. The van der Waals surface area contributed by atoms with E-state index in [0.29, 0.717) is 24.7 Å². The van der Waals surface area contributed by atoms with E-state index in [1.807, 2.05) is 26.0 Å². The third kappa shape index (κ3) is 3.27. The topological polar surface area (TPSA) is 144 Å². The lowest BCUT2D eigenvalue weighted by Gasteiger charge is -2.46. The van der Waals surface area contributed by atoms with Gasteiger partial charge in [-0.2, -0.15) is 0 Å². The standard InChI is InChI=1S/C19H22N2O7S/c1-8-3-4-10(28-8)17(19(2)6-27-7-19)21-12-11(14(23)15(12)24)20-9-5-29-16(13(9)22)18(25)26/h3-5,14-15,17,20-24H,6-7H2,1-2H3,(H,25,26). The quantitative estimate of drug-likeness (QED) is 0.393. The highest BCUT2D eigenvalue weighted by Crippen LogP contribution is 2.44. The van der Waals surface area contributed by atoms with Crippen LogP contribution in [0.2, 0.25) is 0 Å². The third-order valence-electron chi connectivity index (χ3n) is 5.32. The van der Waals surface area contributed by atoms with Gasteiger partial charge in [0, 0.05) is 10.8 Å². The highest BCUT2D eigenvalue weighted by molar-refractivity contribution is 7.12. The molecule has 1 fully saturated rings. The first-order valence-electron chi connectivity index (χ1n) is 9.03. The van der Waals surface area contributed by atoms with Crippen molar-refractivity contribution in [3.8, 4) is 5.75 Å². The number of aryl methyl sites for hydroxylation is 1. The van der Waals surface area contributed by atoms with Gasteiger partial charge in [0.15, 0.2) is 10.6 Å². The van der Waals surface area contributed by atoms with Gasteiger partial charge in [0.1, 0.15) is 23.7 Å². The van der Waals surface area contributed by atoms with E-state index in [9.17, 15) is 20.1 Å². The molecule has 1 saturated heterocycles. The highest BCUT2D eigenvalue weighted by Gasteiger charge is 2.47. The van der Waals surface area contributed by atoms with Crippen LogP contribution in [0.15, 0.2) is 33.3 Å². The number of thiophene rings is 1. The summed E-state index contributed by atoms with van der Waals surface area (Å²) in [6.45, 7) is 4.89. The number of hydrogen-bond donors (Lipinski definition) is 6. The maximum Gasteiger partial charge on any atom is 0.349 e. The largest absolute Gasteiger partial charge is 0.504 e. The molecule has 3 unspecified atom stereocenters. The number of aromatic hydroxyl groups is 1. The molecule has 9 nitrogen and oxygen atoms in total. The molecule has 0 amide bonds. The minimum absolute atomic E-state index is 0.149. The van der Waals surface area contributed by atoms with Crippen molar-refractivity contribution in [2.45, 2.75) is 32.1 Å². The fraction of sp³-hybridized carbons (Fsp3) is 0.421. The molecule has 29 heavy (non-hydrogen) atoms. The van der Waals surface area contributed by atoms with E-state index in [0.717, 1.165) is 17.1 Å². The predicted octanol–water partition coefficient (Wildman–Crippen LogP) is 1.78. The molecule has 2 aromatic heterocycles. The van der Waals surface area contributed by atoms with Crippen LogP contribution in [0.5, 0.6) is 5.75 Å². The molecule has 6 N–H and O–H groups in total. The van der Waals surface area contributed by atoms with Gasteiger partial charge in [0.25, 0.3) is 0 Å². The van der Waals surface area contributed by atoms with Crippen molar-refractivity contribution < 1.29 is 34.4 Å². The molecule has 3 atom stereocenters. The van der Waals surface area contributed by atoms with Gasteiger partial charge in [-0.15, -0.1) is 11.3 Å². The number of aliphatic hydroxyl groups is 2. The number of aromatic carboxylic acids is 1. The van der Waals surface area contributed by atoms with Crippen LogP contribution in [-0.2, 0) is 4.74 Å². The van der Waals surface area contributed by atoms with Crippen LogP contribution >= 0.6 is 11.3 Å². The number of hydrogen-bond acceptors (Lipinski definition) is 9. The number of aliphatic hydroxyl groups excluding tert-OH is 2. The Morgan fingerprint density at radius 2 is 1.97 bits per heavy atom. The third-order valence-corrected chi connectivity index (χ3v) is 6.27. The van der Waals surface area contributed by atoms with Crippen molar-refractivity contribution in [3.63, 3.8) is 0 Å². The molecule has 0 saturated carbocycles. The van der Waals surface area contributed by atoms with Crippen LogP contribution in [0.25, 0.3) is 0 Å². The highest BCUT2D eigenvalue weighted by atomic mass is 32.1. The number of furan rings is 1. The van der Waals surface area contributed by atoms with Gasteiger partial charge >= 0.3 is 5.97 Å². The van der Waals surface area contributed by atoms with E-state index >= 15 is 0 Å². The molecule has 4 rings (SSSR count). The van der Waals surface area contributed by atoms with Gasteiger partial charge in [-0.25, -0.2) is 4.79 Å². The molecule has 2 aromatic rings. The van der Waals surface area contributed by atoms with E-state index in [1.165, 1.54) is 5.38 Å². The molecule has 0 radical (unpaired) electrons. The second-order valence-corrected chi connectivity index (χ2v) is 8.53. The zero-order chi connectivity index (χ0) is 20.9. The molecule has 156 valence electrons. The minimum atomic E-state index is -1.24. The number of carboxylic acids is 1. The summed E-state index contributed by atoms with van der Waals surface area (Å²) < 4.78 is 11.2. The van der Waals surface area contributed by atoms with Crippen molar-refractivity contribution in [1.82, 2.24) is 5.32 Å². The first-order chi connectivity index (χ1) is 13.7. The number of carbonyl (C=O) groups is 1. The summed E-state index contributed by atoms with van der Waals surface area (Å²) in [5, 5.41) is 47.3. The van der Waals surface area contributed by atoms with Gasteiger partial charge in [-0.05, 0) is 19.1 Å². The number of anilines is 1. The second kappa shape index (κ2) is 7.06. The van der Waals surface area contributed by atoms with Gasteiger partial charge in [-0.3, -0.25) is 0 Å². The molecule has 10 heteroatoms. The van der Waals surface area contributed by atoms with Gasteiger partial charge in [0.2, 0.25) is 0 Å². The number of nitrogens with one attached hydrogen (secondary N) is 2. The molecule has 0 bridgehead atoms. The summed E-state index contributed by atoms with van der Waals surface area (Å²) in [6, 6.07) is 3.39. The number of carboxylic acid groups (broad SMARTS) is 1. The Morgan fingerprint density at radius 1 is 1.28 bits per heavy atom. The normalized spacial score (nSPS) is 23.9. The zero-order valence-electron chi connectivity index (χ0n) is 15.8. The Balaban J connectivity index is 1.64. The lowest BCUT2D eigenvalue weighted by molar-refractivity contribution is -0.125. The Kier molecular flexibility index (Phi) is 4.82. The van der Waals surface area contributed by atoms with Gasteiger partial charge < -0.3 is 40.2 Å². The molecule has 2 aliphatic rings. The van der Waals surface area contributed by atoms with E-state index < -0.39 is 23.9 Å². The van der Waals surface area contributed by atoms with Crippen LogP contribution in [0.3, 0.4) is 0 Å². The van der Waals surface area contributed by atoms with E-state index in [4.69, 9.17) is 14.3 Å². The van der Waals surface area contributed by atoms with Crippen LogP contribution in [0.1, 0.15) is 34.2 Å². The molecule has 1 aliphatic carbocycles. The minimum Gasteiger partial charge on any atom is -0.504 e. The first-order valence-corrected chi connectivity index (χ1v) is 9.91. The van der Waals surface area contributed by atoms with E-state index in [1.54, 1.807) is 0 Å². The number of ether oxygens (including phenoxy) is 1. The van der Waals surface area contributed by atoms with Gasteiger partial charge in [-0.1, -0.05) is 6.92 Å². The average molecular weight is 422 g/mol. The van der Waals surface area contributed by atoms with Gasteiger partial charge in [0.05, 0.1) is 36.3 Å². The maximum atomic E-state index is 11.1. The summed E-state index contributed by atoms with van der Waals surface area (Å²) in [4.78, 5) is 10.9. The van der Waals surface area contributed by atoms with Crippen LogP contribution in [0, 0.1) is 12.3 Å². The van der Waals surface area contributed by atoms with Crippen molar-refractivity contribution in [3.05, 3.63) is 45.3 Å². The average Bonchev–Trinajstić information content (AvgIpc) is 3.24. The fourth-order valence-corrected chi connectivity index (χ4v) is 4.25. The summed E-state index contributed by atoms with van der Waals surface area (Å²) in [5.74, 6) is -0.226. The Bertz CT molecular complexity index is 975. The monoisotopic (exact) mass is 422 g/mol. The van der Waals surface area contributed by atoms with Crippen molar-refractivity contribution in [1.29, 1.82) is 0 Å². The van der Waals surface area contributed by atoms with Crippen LogP contribution in [-0.4, -0.2) is 51.8 Å². The van der Waals surface area contributed by atoms with E-state index in [-0.39, 0.29) is 27.7 Å². The summed E-state index contributed by atoms with van der Waals surface area (Å²) in [5.41, 5.74) is 0.493. The first kappa shape index (κ1) is 19.8. The SMILES string of the molecule is Cc1ccc(C(NC2=C(Nc3csc(C(=O)O)c3O)C(O)C2O)C2(C)COC2)o1. The summed E-state index contributed by atoms with van der Waals surface area (Å²) in [7, 11) is 0.